The first-order chi connectivity index (χ1) is 22.7. The highest BCUT2D eigenvalue weighted by molar-refractivity contribution is 5.76. The molecule has 0 rings (SSSR count). The maximum Gasteiger partial charge on any atom is 0.220 e. The monoisotopic (exact) mass is 652 g/mol. The summed E-state index contributed by atoms with van der Waals surface area (Å²) in [6, 6.07) is -0.527. The summed E-state index contributed by atoms with van der Waals surface area (Å²) in [5.41, 5.74) is 0. The molecule has 0 saturated heterocycles. The largest absolute Gasteiger partial charge is 0.394 e. The van der Waals surface area contributed by atoms with Crippen molar-refractivity contribution in [1.29, 1.82) is 0 Å². The summed E-state index contributed by atoms with van der Waals surface area (Å²) in [5, 5.41) is 23.0. The fourth-order valence-corrected chi connectivity index (χ4v) is 6.83. The third-order valence-corrected chi connectivity index (χ3v) is 10.1. The van der Waals surface area contributed by atoms with Crippen molar-refractivity contribution in [1.82, 2.24) is 5.32 Å². The van der Waals surface area contributed by atoms with Gasteiger partial charge < -0.3 is 15.5 Å². The summed E-state index contributed by atoms with van der Waals surface area (Å²) in [4.78, 5) is 12.3. The van der Waals surface area contributed by atoms with Crippen molar-refractivity contribution in [2.45, 2.75) is 257 Å². The summed E-state index contributed by atoms with van der Waals surface area (Å²) >= 11 is 0. The molecule has 2 unspecified atom stereocenters. The van der Waals surface area contributed by atoms with Gasteiger partial charge in [-0.2, -0.15) is 0 Å². The molecule has 0 aromatic heterocycles. The van der Waals surface area contributed by atoms with Crippen LogP contribution in [0.3, 0.4) is 0 Å². The quantitative estimate of drug-likeness (QED) is 0.0579. The van der Waals surface area contributed by atoms with E-state index in [2.05, 4.69) is 19.2 Å². The lowest BCUT2D eigenvalue weighted by molar-refractivity contribution is -0.123. The number of unbranched alkanes of at least 4 members (excludes halogenated alkanes) is 32. The van der Waals surface area contributed by atoms with Gasteiger partial charge in [0.05, 0.1) is 18.8 Å². The predicted octanol–water partition coefficient (Wildman–Crippen LogP) is 12.9. The molecule has 46 heavy (non-hydrogen) atoms. The fourth-order valence-electron chi connectivity index (χ4n) is 6.83. The molecule has 0 spiro atoms. The van der Waals surface area contributed by atoms with E-state index in [0.29, 0.717) is 12.8 Å². The Morgan fingerprint density at radius 2 is 0.696 bits per heavy atom. The molecule has 2 atom stereocenters. The second kappa shape index (κ2) is 38.8. The van der Waals surface area contributed by atoms with Gasteiger partial charge in [0.2, 0.25) is 5.91 Å². The second-order valence-electron chi connectivity index (χ2n) is 14.8. The van der Waals surface area contributed by atoms with Crippen LogP contribution in [0.1, 0.15) is 245 Å². The maximum atomic E-state index is 12.3. The topological polar surface area (TPSA) is 69.6 Å². The highest BCUT2D eigenvalue weighted by Crippen LogP contribution is 2.17. The number of hydrogen-bond acceptors (Lipinski definition) is 3. The Labute approximate surface area is 289 Å². The van der Waals surface area contributed by atoms with Crippen LogP contribution >= 0.6 is 0 Å². The number of nitrogens with one attached hydrogen (secondary N) is 1. The lowest BCUT2D eigenvalue weighted by atomic mass is 10.0. The van der Waals surface area contributed by atoms with E-state index in [1.54, 1.807) is 0 Å². The van der Waals surface area contributed by atoms with Crippen LogP contribution in [0.5, 0.6) is 0 Å². The van der Waals surface area contributed by atoms with Crippen LogP contribution in [0, 0.1) is 0 Å². The third kappa shape index (κ3) is 34.7. The average Bonchev–Trinajstić information content (AvgIpc) is 3.06. The lowest BCUT2D eigenvalue weighted by Gasteiger charge is -2.22. The van der Waals surface area contributed by atoms with Crippen molar-refractivity contribution in [2.75, 3.05) is 6.61 Å². The smallest absolute Gasteiger partial charge is 0.220 e. The zero-order chi connectivity index (χ0) is 33.6. The van der Waals surface area contributed by atoms with Crippen LogP contribution in [-0.2, 0) is 4.79 Å². The average molecular weight is 652 g/mol. The van der Waals surface area contributed by atoms with Gasteiger partial charge in [0, 0.05) is 6.42 Å². The first kappa shape index (κ1) is 45.4. The Bertz CT molecular complexity index is 583. The number of amides is 1. The minimum Gasteiger partial charge on any atom is -0.394 e. The van der Waals surface area contributed by atoms with E-state index in [1.165, 1.54) is 193 Å². The molecule has 0 saturated carbocycles. The highest BCUT2D eigenvalue weighted by Gasteiger charge is 2.20. The molecule has 4 heteroatoms. The van der Waals surface area contributed by atoms with E-state index >= 15 is 0 Å². The number of rotatable bonds is 39. The highest BCUT2D eigenvalue weighted by atomic mass is 16.3. The Balaban J connectivity index is 3.37. The van der Waals surface area contributed by atoms with Crippen molar-refractivity contribution in [3.8, 4) is 0 Å². The lowest BCUT2D eigenvalue weighted by Crippen LogP contribution is -2.45. The first-order valence-electron chi connectivity index (χ1n) is 21.2. The third-order valence-electron chi connectivity index (χ3n) is 10.1. The molecule has 0 aromatic rings. The summed E-state index contributed by atoms with van der Waals surface area (Å²) in [6.45, 7) is 4.34. The SMILES string of the molecule is CCCCCCCCCCCCCCCCCCCCCCCCCCCCC(O)C(CO)NC(=O)CCCCCCCCCC. The van der Waals surface area contributed by atoms with Crippen LogP contribution < -0.4 is 5.32 Å². The van der Waals surface area contributed by atoms with Gasteiger partial charge in [-0.05, 0) is 12.8 Å². The van der Waals surface area contributed by atoms with Crippen LogP contribution in [0.4, 0.5) is 0 Å². The molecule has 0 aliphatic rings. The summed E-state index contributed by atoms with van der Waals surface area (Å²) in [7, 11) is 0. The van der Waals surface area contributed by atoms with Crippen molar-refractivity contribution < 1.29 is 15.0 Å². The molecule has 0 aliphatic carbocycles. The van der Waals surface area contributed by atoms with Gasteiger partial charge in [-0.25, -0.2) is 0 Å². The van der Waals surface area contributed by atoms with Crippen molar-refractivity contribution in [3.63, 3.8) is 0 Å². The maximum absolute atomic E-state index is 12.3. The number of carbonyl (C=O) groups is 1. The van der Waals surface area contributed by atoms with Gasteiger partial charge in [-0.15, -0.1) is 0 Å². The number of aliphatic hydroxyl groups is 2. The molecular formula is C42H85NO3. The molecule has 3 N–H and O–H groups in total. The van der Waals surface area contributed by atoms with Crippen LogP contribution in [0.15, 0.2) is 0 Å². The fraction of sp³-hybridized carbons (Fsp3) is 0.976. The minimum atomic E-state index is -0.651. The Morgan fingerprint density at radius 3 is 0.978 bits per heavy atom. The molecule has 0 radical (unpaired) electrons. The molecule has 4 nitrogen and oxygen atoms in total. The van der Waals surface area contributed by atoms with Gasteiger partial charge in [-0.3, -0.25) is 4.79 Å². The molecule has 0 bridgehead atoms. The standard InChI is InChI=1S/C42H85NO3/c1-3-5-7-9-11-13-14-15-16-17-18-19-20-21-22-23-24-25-26-27-28-29-30-31-33-35-37-41(45)40(39-44)43-42(46)38-36-34-32-12-10-8-6-4-2/h40-41,44-45H,3-39H2,1-2H3,(H,43,46). The van der Waals surface area contributed by atoms with E-state index in [4.69, 9.17) is 0 Å². The van der Waals surface area contributed by atoms with E-state index in [0.717, 1.165) is 25.7 Å². The van der Waals surface area contributed by atoms with Gasteiger partial charge in [0.15, 0.2) is 0 Å². The van der Waals surface area contributed by atoms with E-state index in [-0.39, 0.29) is 12.5 Å². The normalized spacial score (nSPS) is 12.9. The summed E-state index contributed by atoms with van der Waals surface area (Å²) in [6.07, 6.45) is 46.3. The van der Waals surface area contributed by atoms with Crippen molar-refractivity contribution in [3.05, 3.63) is 0 Å². The summed E-state index contributed by atoms with van der Waals surface area (Å²) in [5.74, 6) is -0.0332. The zero-order valence-electron chi connectivity index (χ0n) is 31.6. The Hall–Kier alpha value is -0.610. The number of carbonyl (C=O) groups excluding carboxylic acids is 1. The van der Waals surface area contributed by atoms with Gasteiger partial charge in [0.1, 0.15) is 0 Å². The molecule has 1 amide bonds. The first-order valence-corrected chi connectivity index (χ1v) is 21.2. The minimum absolute atomic E-state index is 0.0332. The van der Waals surface area contributed by atoms with Gasteiger partial charge in [-0.1, -0.05) is 226 Å². The second-order valence-corrected chi connectivity index (χ2v) is 14.8. The van der Waals surface area contributed by atoms with Crippen LogP contribution in [0.25, 0.3) is 0 Å². The Morgan fingerprint density at radius 1 is 0.435 bits per heavy atom. The molecule has 0 fully saturated rings. The molecule has 276 valence electrons. The van der Waals surface area contributed by atoms with E-state index < -0.39 is 12.1 Å². The van der Waals surface area contributed by atoms with Gasteiger partial charge in [0.25, 0.3) is 0 Å². The van der Waals surface area contributed by atoms with Crippen molar-refractivity contribution >= 4 is 5.91 Å². The number of hydrogen-bond donors (Lipinski definition) is 3. The molecule has 0 heterocycles. The van der Waals surface area contributed by atoms with Crippen molar-refractivity contribution in [2.24, 2.45) is 0 Å². The molecular weight excluding hydrogens is 566 g/mol. The van der Waals surface area contributed by atoms with Crippen LogP contribution in [0.2, 0.25) is 0 Å². The zero-order valence-corrected chi connectivity index (χ0v) is 31.6. The van der Waals surface area contributed by atoms with Crippen LogP contribution in [-0.4, -0.2) is 34.9 Å². The molecule has 0 aliphatic heterocycles. The van der Waals surface area contributed by atoms with E-state index in [1.807, 2.05) is 0 Å². The van der Waals surface area contributed by atoms with E-state index in [9.17, 15) is 15.0 Å². The predicted molar refractivity (Wildman–Crippen MR) is 203 cm³/mol. The summed E-state index contributed by atoms with van der Waals surface area (Å²) < 4.78 is 0. The molecule has 0 aromatic carbocycles. The number of aliphatic hydroxyl groups excluding tert-OH is 2. The van der Waals surface area contributed by atoms with Gasteiger partial charge >= 0.3 is 0 Å². The Kier molecular flexibility index (Phi) is 38.3.